The normalized spacial score (nSPS) is 11.1. The Morgan fingerprint density at radius 1 is 1.31 bits per heavy atom. The molecule has 2 rings (SSSR count). The Hall–Kier alpha value is -3.09. The summed E-state index contributed by atoms with van der Waals surface area (Å²) < 4.78 is 30.4. The minimum absolute atomic E-state index is 0.0492. The first kappa shape index (κ1) is 22.2. The van der Waals surface area contributed by atoms with Gasteiger partial charge in [0.15, 0.2) is 6.61 Å². The maximum absolute atomic E-state index is 12.2. The van der Waals surface area contributed by atoms with Gasteiger partial charge in [-0.25, -0.2) is 13.8 Å². The summed E-state index contributed by atoms with van der Waals surface area (Å²) in [4.78, 5) is 12.2. The van der Waals surface area contributed by atoms with Crippen molar-refractivity contribution in [2.45, 2.75) is 6.92 Å². The van der Waals surface area contributed by atoms with Crippen molar-refractivity contribution in [3.05, 3.63) is 58.6 Å². The fourth-order valence-corrected chi connectivity index (χ4v) is 3.43. The van der Waals surface area contributed by atoms with Crippen molar-refractivity contribution in [1.82, 2.24) is 5.43 Å². The lowest BCUT2D eigenvalue weighted by molar-refractivity contribution is -0.119. The van der Waals surface area contributed by atoms with E-state index in [-0.39, 0.29) is 6.61 Å². The SMILES string of the molecule is Cc1c(Cl)cccc1N(CC(=O)N/N=C\c1ccc(OCC#N)cc1)S(C)(=O)=O. The molecule has 0 aromatic heterocycles. The Bertz CT molecular complexity index is 1050. The minimum Gasteiger partial charge on any atom is -0.479 e. The van der Waals surface area contributed by atoms with Crippen LogP contribution in [0.1, 0.15) is 11.1 Å². The Labute approximate surface area is 174 Å². The predicted molar refractivity (Wildman–Crippen MR) is 112 cm³/mol. The number of nitrogens with one attached hydrogen (secondary N) is 1. The largest absolute Gasteiger partial charge is 0.479 e. The van der Waals surface area contributed by atoms with E-state index in [1.807, 2.05) is 6.07 Å². The average molecular weight is 435 g/mol. The van der Waals surface area contributed by atoms with E-state index in [4.69, 9.17) is 21.6 Å². The highest BCUT2D eigenvalue weighted by molar-refractivity contribution is 7.92. The average Bonchev–Trinajstić information content (AvgIpc) is 2.67. The molecule has 0 aliphatic carbocycles. The number of hydrogen-bond donors (Lipinski definition) is 1. The molecule has 0 aliphatic rings. The number of rotatable bonds is 8. The smallest absolute Gasteiger partial charge is 0.260 e. The van der Waals surface area contributed by atoms with Crippen molar-refractivity contribution in [2.24, 2.45) is 5.10 Å². The number of carbonyl (C=O) groups excluding carboxylic acids is 1. The quantitative estimate of drug-likeness (QED) is 0.506. The first-order valence-corrected chi connectivity index (χ1v) is 10.6. The molecule has 0 radical (unpaired) electrons. The first-order chi connectivity index (χ1) is 13.7. The number of hydrazone groups is 1. The Balaban J connectivity index is 2.04. The molecular formula is C19H19ClN4O4S. The molecule has 0 aliphatic heterocycles. The van der Waals surface area contributed by atoms with Gasteiger partial charge in [0.25, 0.3) is 5.91 Å². The van der Waals surface area contributed by atoms with E-state index in [0.29, 0.717) is 27.6 Å². The zero-order valence-electron chi connectivity index (χ0n) is 15.8. The fourth-order valence-electron chi connectivity index (χ4n) is 2.36. The van der Waals surface area contributed by atoms with Crippen LogP contribution < -0.4 is 14.5 Å². The number of sulfonamides is 1. The van der Waals surface area contributed by atoms with Crippen LogP contribution in [-0.2, 0) is 14.8 Å². The minimum atomic E-state index is -3.72. The van der Waals surface area contributed by atoms with Crippen LogP contribution in [0.15, 0.2) is 47.6 Å². The van der Waals surface area contributed by atoms with Crippen LogP contribution in [0.25, 0.3) is 0 Å². The van der Waals surface area contributed by atoms with Crippen molar-refractivity contribution in [3.63, 3.8) is 0 Å². The molecule has 8 nitrogen and oxygen atoms in total. The summed E-state index contributed by atoms with van der Waals surface area (Å²) in [6, 6.07) is 13.4. The third-order valence-corrected chi connectivity index (χ3v) is 5.32. The van der Waals surface area contributed by atoms with Crippen molar-refractivity contribution < 1.29 is 17.9 Å². The van der Waals surface area contributed by atoms with Crippen molar-refractivity contribution >= 4 is 39.4 Å². The molecule has 152 valence electrons. The van der Waals surface area contributed by atoms with E-state index in [1.54, 1.807) is 49.4 Å². The van der Waals surface area contributed by atoms with E-state index in [0.717, 1.165) is 10.6 Å². The predicted octanol–water partition coefficient (Wildman–Crippen LogP) is 2.47. The van der Waals surface area contributed by atoms with Gasteiger partial charge in [0.2, 0.25) is 10.0 Å². The van der Waals surface area contributed by atoms with Crippen molar-refractivity contribution in [3.8, 4) is 11.8 Å². The molecule has 0 saturated carbocycles. The number of benzene rings is 2. The topological polar surface area (TPSA) is 112 Å². The molecule has 0 heterocycles. The molecule has 2 aromatic carbocycles. The number of nitriles is 1. The molecule has 29 heavy (non-hydrogen) atoms. The summed E-state index contributed by atoms with van der Waals surface area (Å²) in [6.45, 7) is 1.18. The van der Waals surface area contributed by atoms with Gasteiger partial charge in [-0.1, -0.05) is 17.7 Å². The van der Waals surface area contributed by atoms with Gasteiger partial charge in [0, 0.05) is 5.02 Å². The summed E-state index contributed by atoms with van der Waals surface area (Å²) in [6.07, 6.45) is 2.42. The molecule has 0 unspecified atom stereocenters. The van der Waals surface area contributed by atoms with Crippen molar-refractivity contribution in [2.75, 3.05) is 23.7 Å². The third-order valence-electron chi connectivity index (χ3n) is 3.78. The first-order valence-electron chi connectivity index (χ1n) is 8.37. The second-order valence-corrected chi connectivity index (χ2v) is 8.28. The van der Waals surface area contributed by atoms with Gasteiger partial charge < -0.3 is 4.74 Å². The van der Waals surface area contributed by atoms with E-state index in [9.17, 15) is 13.2 Å². The number of ether oxygens (including phenoxy) is 1. The highest BCUT2D eigenvalue weighted by Crippen LogP contribution is 2.27. The van der Waals surface area contributed by atoms with Gasteiger partial charge in [0.05, 0.1) is 18.2 Å². The molecule has 0 bridgehead atoms. The number of anilines is 1. The van der Waals surface area contributed by atoms with Gasteiger partial charge in [-0.3, -0.25) is 9.10 Å². The zero-order valence-corrected chi connectivity index (χ0v) is 17.4. The number of amides is 1. The van der Waals surface area contributed by atoms with E-state index in [1.165, 1.54) is 6.21 Å². The highest BCUT2D eigenvalue weighted by atomic mass is 35.5. The van der Waals surface area contributed by atoms with E-state index < -0.39 is 22.5 Å². The fraction of sp³-hybridized carbons (Fsp3) is 0.211. The number of hydrogen-bond acceptors (Lipinski definition) is 6. The number of halogens is 1. The zero-order chi connectivity index (χ0) is 21.4. The van der Waals surface area contributed by atoms with E-state index >= 15 is 0 Å². The maximum Gasteiger partial charge on any atom is 0.260 e. The Morgan fingerprint density at radius 3 is 2.62 bits per heavy atom. The summed E-state index contributed by atoms with van der Waals surface area (Å²) in [5.41, 5.74) is 3.86. The lowest BCUT2D eigenvalue weighted by atomic mass is 10.2. The second kappa shape index (κ2) is 9.91. The molecule has 0 saturated heterocycles. The van der Waals surface area contributed by atoms with Gasteiger partial charge in [0.1, 0.15) is 18.4 Å². The van der Waals surface area contributed by atoms with Crippen molar-refractivity contribution in [1.29, 1.82) is 5.26 Å². The van der Waals surface area contributed by atoms with Gasteiger partial charge >= 0.3 is 0 Å². The maximum atomic E-state index is 12.2. The standard InChI is InChI=1S/C19H19ClN4O4S/c1-14-17(20)4-3-5-18(14)24(29(2,26)27)13-19(25)23-22-12-15-6-8-16(9-7-15)28-11-10-21/h3-9,12H,11,13H2,1-2H3,(H,23,25)/b22-12-. The summed E-state index contributed by atoms with van der Waals surface area (Å²) >= 11 is 6.06. The lowest BCUT2D eigenvalue weighted by Gasteiger charge is -2.23. The number of carbonyl (C=O) groups is 1. The van der Waals surface area contributed by atoms with Gasteiger partial charge in [-0.15, -0.1) is 0 Å². The number of nitrogens with zero attached hydrogens (tertiary/aromatic N) is 3. The molecule has 0 atom stereocenters. The van der Waals surface area contributed by atoms with Gasteiger partial charge in [-0.2, -0.15) is 10.4 Å². The van der Waals surface area contributed by atoms with Crippen LogP contribution in [0.3, 0.4) is 0 Å². The molecular weight excluding hydrogens is 416 g/mol. The Morgan fingerprint density at radius 2 is 2.00 bits per heavy atom. The lowest BCUT2D eigenvalue weighted by Crippen LogP contribution is -2.39. The van der Waals surface area contributed by atoms with E-state index in [2.05, 4.69) is 10.5 Å². The van der Waals surface area contributed by atoms with Crippen LogP contribution in [0.5, 0.6) is 5.75 Å². The van der Waals surface area contributed by atoms with Gasteiger partial charge in [-0.05, 0) is 54.4 Å². The molecule has 10 heteroatoms. The second-order valence-electron chi connectivity index (χ2n) is 5.96. The molecule has 0 spiro atoms. The molecule has 1 N–H and O–H groups in total. The van der Waals surface area contributed by atoms with Crippen LogP contribution in [0.4, 0.5) is 5.69 Å². The summed E-state index contributed by atoms with van der Waals surface area (Å²) in [5, 5.41) is 12.7. The Kier molecular flexibility index (Phi) is 7.59. The summed E-state index contributed by atoms with van der Waals surface area (Å²) in [7, 11) is -3.72. The third kappa shape index (κ3) is 6.48. The highest BCUT2D eigenvalue weighted by Gasteiger charge is 2.22. The van der Waals surface area contributed by atoms with Crippen LogP contribution in [-0.4, -0.2) is 39.9 Å². The van der Waals surface area contributed by atoms with Crippen LogP contribution in [0, 0.1) is 18.3 Å². The monoisotopic (exact) mass is 434 g/mol. The molecule has 1 amide bonds. The van der Waals surface area contributed by atoms with Crippen LogP contribution in [0.2, 0.25) is 5.02 Å². The molecule has 0 fully saturated rings. The van der Waals surface area contributed by atoms with Crippen LogP contribution >= 0.6 is 11.6 Å². The summed E-state index contributed by atoms with van der Waals surface area (Å²) in [5.74, 6) is -0.0755. The molecule has 2 aromatic rings.